The summed E-state index contributed by atoms with van der Waals surface area (Å²) in [5, 5.41) is 27.8. The third-order valence-corrected chi connectivity index (χ3v) is 11.9. The van der Waals surface area contributed by atoms with Crippen LogP contribution in [0.4, 0.5) is 15.6 Å². The van der Waals surface area contributed by atoms with Crippen LogP contribution in [-0.2, 0) is 27.2 Å². The fourth-order valence-corrected chi connectivity index (χ4v) is 9.49. The third-order valence-electron chi connectivity index (χ3n) is 10.8. The van der Waals surface area contributed by atoms with Gasteiger partial charge in [-0.05, 0) is 99.7 Å². The predicted octanol–water partition coefficient (Wildman–Crippen LogP) is 5.54. The standard InChI is InChI=1S/C38H55N9O5S/c1-23-20-46(21-24(2)47(23)35(48)51-36(4,5)6)30-17-31(50-25(3)27-13-12-16-45(27)10)42-34(41-30)38(49)18-29(43-52-38)37(7)15-11-14-28-32(37)26(19-39)33(53-28)40-22-44(8)9/h17,22-25,27,49H,11-16,18,20-21H2,1-10H3/t23-,24+,25-,27-,37+,38?/m0/s1. The maximum absolute atomic E-state index is 13.2. The van der Waals surface area contributed by atoms with Gasteiger partial charge in [0.25, 0.3) is 0 Å². The van der Waals surface area contributed by atoms with E-state index in [1.165, 1.54) is 11.3 Å². The summed E-state index contributed by atoms with van der Waals surface area (Å²) in [5.41, 5.74) is 0.808. The SMILES string of the molecule is C[C@H](Oc1cc(N2C[C@@H](C)N(C(=O)OC(C)(C)C)[C@@H](C)C2)nc(C2(O)CC([C@@]3(C)CCCc4sc(N=CN(C)C)c(C#N)c43)=NO2)n1)[C@@H]1CCCN1C. The predicted molar refractivity (Wildman–Crippen MR) is 205 cm³/mol. The molecule has 15 heteroatoms. The van der Waals surface area contributed by atoms with Crippen LogP contribution in [0.5, 0.6) is 5.88 Å². The number of ether oxygens (including phenoxy) is 2. The number of rotatable bonds is 8. The van der Waals surface area contributed by atoms with E-state index < -0.39 is 16.8 Å². The van der Waals surface area contributed by atoms with Gasteiger partial charge in [0.2, 0.25) is 11.7 Å². The lowest BCUT2D eigenvalue weighted by molar-refractivity contribution is -0.199. The quantitative estimate of drug-likeness (QED) is 0.268. The molecule has 6 rings (SSSR count). The number of aromatic nitrogens is 2. The highest BCUT2D eigenvalue weighted by atomic mass is 32.1. The molecular weight excluding hydrogens is 695 g/mol. The van der Waals surface area contributed by atoms with E-state index in [2.05, 4.69) is 40.0 Å². The lowest BCUT2D eigenvalue weighted by Gasteiger charge is -2.45. The number of likely N-dealkylation sites (N-methyl/N-ethyl adjacent to an activating group) is 1. The van der Waals surface area contributed by atoms with Gasteiger partial charge in [-0.3, -0.25) is 9.80 Å². The monoisotopic (exact) mass is 749 g/mol. The first-order chi connectivity index (χ1) is 24.9. The lowest BCUT2D eigenvalue weighted by atomic mass is 9.68. The first-order valence-electron chi connectivity index (χ1n) is 18.7. The number of thiophene rings is 1. The number of aliphatic hydroxyl groups is 1. The molecule has 5 heterocycles. The number of aryl methyl sites for hydroxylation is 1. The summed E-state index contributed by atoms with van der Waals surface area (Å²) in [6.07, 6.45) is 5.80. The zero-order valence-corrected chi connectivity index (χ0v) is 33.7. The Balaban J connectivity index is 1.32. The molecule has 288 valence electrons. The zero-order chi connectivity index (χ0) is 38.5. The number of likely N-dealkylation sites (tertiary alicyclic amines) is 1. The van der Waals surface area contributed by atoms with Gasteiger partial charge in [-0.15, -0.1) is 11.3 Å². The summed E-state index contributed by atoms with van der Waals surface area (Å²) in [6, 6.07) is 4.09. The number of oxime groups is 1. The molecule has 2 aromatic rings. The summed E-state index contributed by atoms with van der Waals surface area (Å²) in [6.45, 7) is 15.7. The minimum absolute atomic E-state index is 0.0169. The maximum atomic E-state index is 13.2. The highest BCUT2D eigenvalue weighted by Crippen LogP contribution is 2.51. The maximum Gasteiger partial charge on any atom is 0.410 e. The molecule has 1 N–H and O–H groups in total. The van der Waals surface area contributed by atoms with Crippen LogP contribution in [0.25, 0.3) is 0 Å². The number of fused-ring (bicyclic) bond motifs is 1. The summed E-state index contributed by atoms with van der Waals surface area (Å²) in [7, 11) is 5.89. The fourth-order valence-electron chi connectivity index (χ4n) is 8.23. The van der Waals surface area contributed by atoms with Crippen molar-refractivity contribution in [1.29, 1.82) is 5.26 Å². The summed E-state index contributed by atoms with van der Waals surface area (Å²) >= 11 is 1.54. The van der Waals surface area contributed by atoms with E-state index >= 15 is 0 Å². The van der Waals surface area contributed by atoms with Gasteiger partial charge >= 0.3 is 11.9 Å². The molecule has 1 aliphatic carbocycles. The van der Waals surface area contributed by atoms with Crippen molar-refractivity contribution in [2.24, 2.45) is 10.1 Å². The highest BCUT2D eigenvalue weighted by Gasteiger charge is 2.51. The molecule has 6 atom stereocenters. The van der Waals surface area contributed by atoms with Gasteiger partial charge in [-0.1, -0.05) is 5.16 Å². The number of aliphatic imine (C=N–C) groups is 1. The molecule has 0 radical (unpaired) electrons. The normalized spacial score (nSPS) is 28.3. The number of hydrogen-bond acceptors (Lipinski definition) is 13. The van der Waals surface area contributed by atoms with E-state index in [0.29, 0.717) is 41.1 Å². The smallest absolute Gasteiger partial charge is 0.410 e. The van der Waals surface area contributed by atoms with Crippen molar-refractivity contribution in [3.05, 3.63) is 27.9 Å². The van der Waals surface area contributed by atoms with Crippen LogP contribution < -0.4 is 9.64 Å². The Kier molecular flexibility index (Phi) is 10.7. The number of piperazine rings is 1. The average molecular weight is 750 g/mol. The number of hydrogen-bond donors (Lipinski definition) is 1. The first kappa shape index (κ1) is 38.7. The van der Waals surface area contributed by atoms with Gasteiger partial charge in [-0.25, -0.2) is 14.8 Å². The Bertz CT molecular complexity index is 1790. The summed E-state index contributed by atoms with van der Waals surface area (Å²) in [4.78, 5) is 42.6. The van der Waals surface area contributed by atoms with Crippen LogP contribution >= 0.6 is 11.3 Å². The molecular formula is C38H55N9O5S. The first-order valence-corrected chi connectivity index (χ1v) is 19.5. The fraction of sp³-hybridized carbons (Fsp3) is 0.684. The second-order valence-corrected chi connectivity index (χ2v) is 17.7. The summed E-state index contributed by atoms with van der Waals surface area (Å²) < 4.78 is 12.3. The molecule has 0 spiro atoms. The Morgan fingerprint density at radius 3 is 2.58 bits per heavy atom. The molecule has 0 bridgehead atoms. The molecule has 2 aromatic heterocycles. The molecule has 0 aromatic carbocycles. The molecule has 2 saturated heterocycles. The van der Waals surface area contributed by atoms with E-state index in [0.717, 1.165) is 49.1 Å². The van der Waals surface area contributed by atoms with E-state index in [4.69, 9.17) is 24.3 Å². The number of nitriles is 1. The van der Waals surface area contributed by atoms with Crippen LogP contribution in [-0.4, -0.2) is 119 Å². The van der Waals surface area contributed by atoms with Crippen LogP contribution in [0.2, 0.25) is 0 Å². The van der Waals surface area contributed by atoms with Gasteiger partial charge in [-0.2, -0.15) is 10.2 Å². The van der Waals surface area contributed by atoms with Crippen LogP contribution in [0, 0.1) is 11.3 Å². The number of carbonyl (C=O) groups is 1. The Morgan fingerprint density at radius 1 is 1.25 bits per heavy atom. The van der Waals surface area contributed by atoms with E-state index in [9.17, 15) is 15.2 Å². The van der Waals surface area contributed by atoms with E-state index in [1.807, 2.05) is 66.6 Å². The van der Waals surface area contributed by atoms with Crippen molar-refractivity contribution in [2.75, 3.05) is 45.7 Å². The number of carbonyl (C=O) groups excluding carboxylic acids is 1. The van der Waals surface area contributed by atoms with Crippen LogP contribution in [0.1, 0.15) is 102 Å². The largest absolute Gasteiger partial charge is 0.473 e. The Morgan fingerprint density at radius 2 is 1.96 bits per heavy atom. The molecule has 14 nitrogen and oxygen atoms in total. The molecule has 0 saturated carbocycles. The summed E-state index contributed by atoms with van der Waals surface area (Å²) in [5.74, 6) is -1.03. The third kappa shape index (κ3) is 7.82. The number of amides is 1. The minimum atomic E-state index is -1.97. The van der Waals surface area contributed by atoms with Crippen molar-refractivity contribution in [3.63, 3.8) is 0 Å². The number of anilines is 1. The van der Waals surface area contributed by atoms with Gasteiger partial charge in [0.1, 0.15) is 28.6 Å². The van der Waals surface area contributed by atoms with E-state index in [-0.39, 0.29) is 42.6 Å². The van der Waals surface area contributed by atoms with Gasteiger partial charge in [0.05, 0.1) is 36.1 Å². The van der Waals surface area contributed by atoms with Crippen LogP contribution in [0.15, 0.2) is 16.2 Å². The van der Waals surface area contributed by atoms with Crippen LogP contribution in [0.3, 0.4) is 0 Å². The zero-order valence-electron chi connectivity index (χ0n) is 32.8. The van der Waals surface area contributed by atoms with Gasteiger partial charge in [0, 0.05) is 49.6 Å². The lowest BCUT2D eigenvalue weighted by Crippen LogP contribution is -2.59. The Labute approximate surface area is 317 Å². The molecule has 4 aliphatic rings. The highest BCUT2D eigenvalue weighted by molar-refractivity contribution is 7.16. The van der Waals surface area contributed by atoms with Crippen molar-refractivity contribution >= 4 is 40.3 Å². The average Bonchev–Trinajstić information content (AvgIpc) is 3.80. The molecule has 1 unspecified atom stereocenters. The topological polar surface area (TPSA) is 152 Å². The molecule has 3 aliphatic heterocycles. The second-order valence-electron chi connectivity index (χ2n) is 16.6. The minimum Gasteiger partial charge on any atom is -0.473 e. The Hall–Kier alpha value is -4.00. The van der Waals surface area contributed by atoms with Gasteiger partial charge < -0.3 is 29.2 Å². The van der Waals surface area contributed by atoms with Crippen molar-refractivity contribution in [1.82, 2.24) is 24.7 Å². The second kappa shape index (κ2) is 14.7. The molecule has 53 heavy (non-hydrogen) atoms. The molecule has 1 amide bonds. The van der Waals surface area contributed by atoms with Gasteiger partial charge in [0.15, 0.2) is 0 Å². The van der Waals surface area contributed by atoms with Crippen molar-refractivity contribution in [3.8, 4) is 11.9 Å². The van der Waals surface area contributed by atoms with E-state index in [1.54, 1.807) is 11.2 Å². The molecule has 2 fully saturated rings. The van der Waals surface area contributed by atoms with Crippen molar-refractivity contribution < 1.29 is 24.2 Å². The number of nitrogens with zero attached hydrogens (tertiary/aromatic N) is 9. The van der Waals surface area contributed by atoms with Crippen molar-refractivity contribution in [2.45, 2.75) is 128 Å².